The summed E-state index contributed by atoms with van der Waals surface area (Å²) in [6, 6.07) is 3.14. The minimum Gasteiger partial charge on any atom is -0.399 e. The van der Waals surface area contributed by atoms with Crippen LogP contribution in [0, 0.1) is 12.7 Å². The van der Waals surface area contributed by atoms with Crippen molar-refractivity contribution in [3.8, 4) is 0 Å². The van der Waals surface area contributed by atoms with Crippen LogP contribution in [-0.4, -0.2) is 24.6 Å². The van der Waals surface area contributed by atoms with Crippen LogP contribution in [0.3, 0.4) is 0 Å². The van der Waals surface area contributed by atoms with E-state index in [0.29, 0.717) is 22.9 Å². The van der Waals surface area contributed by atoms with E-state index in [0.717, 1.165) is 0 Å². The van der Waals surface area contributed by atoms with E-state index in [2.05, 4.69) is 0 Å². The zero-order valence-corrected chi connectivity index (χ0v) is 11.9. The number of hydrogen-bond donors (Lipinski definition) is 0. The van der Waals surface area contributed by atoms with Crippen LogP contribution in [0.5, 0.6) is 0 Å². The van der Waals surface area contributed by atoms with Gasteiger partial charge in [-0.25, -0.2) is 4.39 Å². The van der Waals surface area contributed by atoms with Crippen LogP contribution < -0.4 is 5.46 Å². The number of hydrogen-bond acceptors (Lipinski definition) is 3. The molecule has 0 unspecified atom stereocenters. The molecule has 0 atom stereocenters. The van der Waals surface area contributed by atoms with Gasteiger partial charge in [0.2, 0.25) is 0 Å². The van der Waals surface area contributed by atoms with Gasteiger partial charge in [0, 0.05) is 11.0 Å². The maximum Gasteiger partial charge on any atom is 0.497 e. The second-order valence-electron chi connectivity index (χ2n) is 5.89. The maximum absolute atomic E-state index is 14.3. The van der Waals surface area contributed by atoms with E-state index < -0.39 is 24.1 Å². The molecule has 3 nitrogen and oxygen atoms in total. The van der Waals surface area contributed by atoms with Crippen LogP contribution in [0.4, 0.5) is 4.39 Å². The molecule has 1 heterocycles. The zero-order chi connectivity index (χ0) is 14.4. The van der Waals surface area contributed by atoms with E-state index in [-0.39, 0.29) is 0 Å². The molecule has 0 amide bonds. The fourth-order valence-corrected chi connectivity index (χ4v) is 2.00. The first kappa shape index (κ1) is 14.2. The summed E-state index contributed by atoms with van der Waals surface area (Å²) in [6.45, 7) is 9.23. The van der Waals surface area contributed by atoms with Crippen LogP contribution in [0.15, 0.2) is 12.1 Å². The molecule has 1 aromatic rings. The maximum atomic E-state index is 14.3. The second-order valence-corrected chi connectivity index (χ2v) is 5.89. The fourth-order valence-electron chi connectivity index (χ4n) is 2.00. The van der Waals surface area contributed by atoms with Crippen LogP contribution >= 0.6 is 0 Å². The van der Waals surface area contributed by atoms with Gasteiger partial charge < -0.3 is 9.31 Å². The first-order valence-electron chi connectivity index (χ1n) is 6.29. The highest BCUT2D eigenvalue weighted by molar-refractivity contribution is 6.62. The Balaban J connectivity index is 2.41. The molecule has 0 radical (unpaired) electrons. The van der Waals surface area contributed by atoms with E-state index in [4.69, 9.17) is 9.31 Å². The monoisotopic (exact) mass is 264 g/mol. The van der Waals surface area contributed by atoms with Crippen molar-refractivity contribution in [3.63, 3.8) is 0 Å². The van der Waals surface area contributed by atoms with Gasteiger partial charge in [0.25, 0.3) is 0 Å². The van der Waals surface area contributed by atoms with E-state index >= 15 is 0 Å². The quantitative estimate of drug-likeness (QED) is 0.607. The summed E-state index contributed by atoms with van der Waals surface area (Å²) in [5.74, 6) is -0.442. The summed E-state index contributed by atoms with van der Waals surface area (Å²) >= 11 is 0. The second kappa shape index (κ2) is 4.42. The average molecular weight is 264 g/mol. The Bertz CT molecular complexity index is 510. The van der Waals surface area contributed by atoms with Crippen molar-refractivity contribution in [1.82, 2.24) is 0 Å². The molecule has 1 saturated heterocycles. The summed E-state index contributed by atoms with van der Waals surface area (Å²) in [5, 5.41) is 0. The molecule has 0 aliphatic carbocycles. The molecular formula is C14H18BFO3. The Morgan fingerprint density at radius 1 is 1.16 bits per heavy atom. The fraction of sp³-hybridized carbons (Fsp3) is 0.500. The standard InChI is InChI=1S/C14H18BFO3/c1-9-10(8-17)6-7-11(12(9)16)15-18-13(2,3)14(4,5)19-15/h6-8H,1-5H3. The summed E-state index contributed by atoms with van der Waals surface area (Å²) < 4.78 is 25.9. The van der Waals surface area contributed by atoms with Gasteiger partial charge in [-0.05, 0) is 40.2 Å². The van der Waals surface area contributed by atoms with Crippen molar-refractivity contribution in [2.45, 2.75) is 45.8 Å². The van der Waals surface area contributed by atoms with E-state index in [9.17, 15) is 9.18 Å². The molecule has 0 saturated carbocycles. The van der Waals surface area contributed by atoms with Crippen LogP contribution in [0.25, 0.3) is 0 Å². The lowest BCUT2D eigenvalue weighted by molar-refractivity contribution is 0.00578. The summed E-state index contributed by atoms with van der Waals surface area (Å²) in [4.78, 5) is 10.8. The molecule has 1 aromatic carbocycles. The number of carbonyl (C=O) groups is 1. The molecule has 1 fully saturated rings. The normalized spacial score (nSPS) is 20.6. The Labute approximate surface area is 113 Å². The summed E-state index contributed by atoms with van der Waals surface area (Å²) in [6.07, 6.45) is 0.645. The third kappa shape index (κ3) is 2.21. The van der Waals surface area contributed by atoms with Crippen molar-refractivity contribution in [2.75, 3.05) is 0 Å². The highest BCUT2D eigenvalue weighted by Crippen LogP contribution is 2.36. The lowest BCUT2D eigenvalue weighted by atomic mass is 9.77. The smallest absolute Gasteiger partial charge is 0.399 e. The molecule has 19 heavy (non-hydrogen) atoms. The third-order valence-corrected chi connectivity index (χ3v) is 4.09. The van der Waals surface area contributed by atoms with Gasteiger partial charge >= 0.3 is 7.12 Å². The number of halogens is 1. The van der Waals surface area contributed by atoms with Gasteiger partial charge in [0.05, 0.1) is 11.2 Å². The molecule has 0 aromatic heterocycles. The van der Waals surface area contributed by atoms with Gasteiger partial charge in [-0.15, -0.1) is 0 Å². The molecule has 0 N–H and O–H groups in total. The first-order valence-corrected chi connectivity index (χ1v) is 6.29. The van der Waals surface area contributed by atoms with E-state index in [1.807, 2.05) is 27.7 Å². The van der Waals surface area contributed by atoms with Gasteiger partial charge in [-0.3, -0.25) is 4.79 Å². The van der Waals surface area contributed by atoms with Crippen LogP contribution in [0.2, 0.25) is 0 Å². The van der Waals surface area contributed by atoms with Gasteiger partial charge in [-0.1, -0.05) is 12.1 Å². The van der Waals surface area contributed by atoms with Gasteiger partial charge in [0.15, 0.2) is 0 Å². The third-order valence-electron chi connectivity index (χ3n) is 4.09. The predicted octanol–water partition coefficient (Wildman–Crippen LogP) is 2.25. The number of benzene rings is 1. The van der Waals surface area contributed by atoms with Gasteiger partial charge in [0.1, 0.15) is 12.1 Å². The Hall–Kier alpha value is -1.20. The Kier molecular flexibility index (Phi) is 3.31. The molecule has 1 aliphatic heterocycles. The highest BCUT2D eigenvalue weighted by atomic mass is 19.1. The Morgan fingerprint density at radius 3 is 2.16 bits per heavy atom. The van der Waals surface area contributed by atoms with Crippen LogP contribution in [0.1, 0.15) is 43.6 Å². The lowest BCUT2D eigenvalue weighted by Crippen LogP contribution is -2.41. The SMILES string of the molecule is Cc1c(C=O)ccc(B2OC(C)(C)C(C)(C)O2)c1F. The van der Waals surface area contributed by atoms with Gasteiger partial charge in [-0.2, -0.15) is 0 Å². The molecule has 5 heteroatoms. The number of carbonyl (C=O) groups excluding carboxylic acids is 1. The molecule has 0 bridgehead atoms. The largest absolute Gasteiger partial charge is 0.497 e. The molecule has 1 aliphatic rings. The van der Waals surface area contributed by atoms with Crippen LogP contribution in [-0.2, 0) is 9.31 Å². The highest BCUT2D eigenvalue weighted by Gasteiger charge is 2.52. The lowest BCUT2D eigenvalue weighted by Gasteiger charge is -2.32. The van der Waals surface area contributed by atoms with E-state index in [1.165, 1.54) is 0 Å². The first-order chi connectivity index (χ1) is 8.69. The minimum atomic E-state index is -0.746. The Morgan fingerprint density at radius 2 is 1.68 bits per heavy atom. The topological polar surface area (TPSA) is 35.5 Å². The summed E-state index contributed by atoms with van der Waals surface area (Å²) in [5.41, 5.74) is -0.0235. The minimum absolute atomic E-state index is 0.321. The molecule has 2 rings (SSSR count). The summed E-state index contributed by atoms with van der Waals surface area (Å²) in [7, 11) is -0.746. The van der Waals surface area contributed by atoms with Crippen molar-refractivity contribution in [1.29, 1.82) is 0 Å². The number of rotatable bonds is 2. The average Bonchev–Trinajstić information content (AvgIpc) is 2.51. The predicted molar refractivity (Wildman–Crippen MR) is 72.2 cm³/mol. The van der Waals surface area contributed by atoms with Crippen molar-refractivity contribution < 1.29 is 18.5 Å². The van der Waals surface area contributed by atoms with E-state index in [1.54, 1.807) is 19.1 Å². The van der Waals surface area contributed by atoms with Crippen molar-refractivity contribution >= 4 is 18.9 Å². The number of aldehydes is 1. The molecule has 102 valence electrons. The van der Waals surface area contributed by atoms with Crippen molar-refractivity contribution in [2.24, 2.45) is 0 Å². The molecule has 0 spiro atoms. The zero-order valence-electron chi connectivity index (χ0n) is 11.9. The molecular weight excluding hydrogens is 246 g/mol. The van der Waals surface area contributed by atoms with Crippen molar-refractivity contribution in [3.05, 3.63) is 29.1 Å².